The van der Waals surface area contributed by atoms with Crippen LogP contribution in [0.4, 0.5) is 4.39 Å². The topological polar surface area (TPSA) is 43.1 Å². The number of hydrogen-bond acceptors (Lipinski definition) is 2. The molecule has 4 heteroatoms. The molecule has 1 rings (SSSR count). The normalized spacial score (nSPS) is 12.6. The maximum absolute atomic E-state index is 12.7. The van der Waals surface area contributed by atoms with Crippen molar-refractivity contribution < 1.29 is 9.18 Å². The number of Topliss-reactive ketones (excluding diaryl/α,β-unsaturated/α-hetero) is 1. The number of benzene rings is 1. The van der Waals surface area contributed by atoms with Gasteiger partial charge in [0.1, 0.15) is 5.82 Å². The van der Waals surface area contributed by atoms with Gasteiger partial charge < -0.3 is 5.73 Å². The van der Waals surface area contributed by atoms with E-state index in [0.29, 0.717) is 10.0 Å². The zero-order valence-electron chi connectivity index (χ0n) is 7.76. The highest BCUT2D eigenvalue weighted by molar-refractivity contribution is 9.10. The number of hydrogen-bond donors (Lipinski definition) is 1. The fourth-order valence-corrected chi connectivity index (χ4v) is 1.69. The van der Waals surface area contributed by atoms with Crippen LogP contribution < -0.4 is 5.73 Å². The lowest BCUT2D eigenvalue weighted by molar-refractivity contribution is 0.0976. The van der Waals surface area contributed by atoms with Gasteiger partial charge in [-0.15, -0.1) is 0 Å². The van der Waals surface area contributed by atoms with Gasteiger partial charge in [0.2, 0.25) is 0 Å². The fraction of sp³-hybridized carbons (Fsp3) is 0.300. The summed E-state index contributed by atoms with van der Waals surface area (Å²) in [6, 6.07) is 3.82. The molecule has 0 aromatic heterocycles. The first-order chi connectivity index (χ1) is 6.50. The standard InChI is InChI=1S/C10H11BrFNO/c1-6(13)4-10(14)8-3-2-7(12)5-9(8)11/h2-3,5-6H,4,13H2,1H3. The third-order valence-electron chi connectivity index (χ3n) is 1.74. The summed E-state index contributed by atoms with van der Waals surface area (Å²) in [6.07, 6.45) is 0.268. The average molecular weight is 260 g/mol. The highest BCUT2D eigenvalue weighted by Gasteiger charge is 2.12. The van der Waals surface area contributed by atoms with E-state index in [1.807, 2.05) is 0 Å². The first kappa shape index (κ1) is 11.3. The van der Waals surface area contributed by atoms with Crippen LogP contribution in [0.1, 0.15) is 23.7 Å². The highest BCUT2D eigenvalue weighted by atomic mass is 79.9. The Morgan fingerprint density at radius 1 is 1.64 bits per heavy atom. The summed E-state index contributed by atoms with van der Waals surface area (Å²) in [7, 11) is 0. The largest absolute Gasteiger partial charge is 0.328 e. The van der Waals surface area contributed by atoms with Crippen LogP contribution in [0.3, 0.4) is 0 Å². The number of carbonyl (C=O) groups is 1. The number of carbonyl (C=O) groups excluding carboxylic acids is 1. The second-order valence-electron chi connectivity index (χ2n) is 3.23. The minimum Gasteiger partial charge on any atom is -0.328 e. The second-order valence-corrected chi connectivity index (χ2v) is 4.08. The first-order valence-corrected chi connectivity index (χ1v) is 5.04. The summed E-state index contributed by atoms with van der Waals surface area (Å²) in [6.45, 7) is 1.76. The predicted octanol–water partition coefficient (Wildman–Crippen LogP) is 2.51. The van der Waals surface area contributed by atoms with Gasteiger partial charge in [0.15, 0.2) is 5.78 Å². The van der Waals surface area contributed by atoms with Crippen molar-refractivity contribution in [2.24, 2.45) is 5.73 Å². The summed E-state index contributed by atoms with van der Waals surface area (Å²) in [4.78, 5) is 11.6. The monoisotopic (exact) mass is 259 g/mol. The predicted molar refractivity (Wildman–Crippen MR) is 56.7 cm³/mol. The molecule has 0 saturated carbocycles. The van der Waals surface area contributed by atoms with Crippen molar-refractivity contribution in [2.75, 3.05) is 0 Å². The molecule has 2 nitrogen and oxygen atoms in total. The lowest BCUT2D eigenvalue weighted by Crippen LogP contribution is -2.19. The molecule has 0 heterocycles. The molecular weight excluding hydrogens is 249 g/mol. The highest BCUT2D eigenvalue weighted by Crippen LogP contribution is 2.19. The minimum absolute atomic E-state index is 0.0770. The molecule has 76 valence electrons. The van der Waals surface area contributed by atoms with E-state index in [2.05, 4.69) is 15.9 Å². The molecule has 0 aliphatic heterocycles. The summed E-state index contributed by atoms with van der Waals surface area (Å²) >= 11 is 3.14. The quantitative estimate of drug-likeness (QED) is 0.848. The van der Waals surface area contributed by atoms with Crippen molar-refractivity contribution in [2.45, 2.75) is 19.4 Å². The summed E-state index contributed by atoms with van der Waals surface area (Å²) in [5.74, 6) is -0.443. The van der Waals surface area contributed by atoms with Gasteiger partial charge in [0, 0.05) is 22.5 Å². The Morgan fingerprint density at radius 2 is 2.29 bits per heavy atom. The third-order valence-corrected chi connectivity index (χ3v) is 2.39. The second kappa shape index (κ2) is 4.66. The molecule has 0 fully saturated rings. The zero-order chi connectivity index (χ0) is 10.7. The molecule has 0 aliphatic rings. The lowest BCUT2D eigenvalue weighted by Gasteiger charge is -2.05. The minimum atomic E-state index is -0.366. The average Bonchev–Trinajstić information content (AvgIpc) is 2.01. The van der Waals surface area contributed by atoms with Crippen molar-refractivity contribution in [3.05, 3.63) is 34.1 Å². The SMILES string of the molecule is CC(N)CC(=O)c1ccc(F)cc1Br. The maximum atomic E-state index is 12.7. The van der Waals surface area contributed by atoms with Gasteiger partial charge in [-0.2, -0.15) is 0 Å². The van der Waals surface area contributed by atoms with Crippen molar-refractivity contribution >= 4 is 21.7 Å². The van der Waals surface area contributed by atoms with E-state index in [-0.39, 0.29) is 24.1 Å². The van der Waals surface area contributed by atoms with Crippen LogP contribution in [0, 0.1) is 5.82 Å². The van der Waals surface area contributed by atoms with Crippen LogP contribution in [-0.2, 0) is 0 Å². The first-order valence-electron chi connectivity index (χ1n) is 4.24. The van der Waals surface area contributed by atoms with Crippen molar-refractivity contribution in [1.82, 2.24) is 0 Å². The number of rotatable bonds is 3. The van der Waals surface area contributed by atoms with Gasteiger partial charge in [-0.1, -0.05) is 0 Å². The van der Waals surface area contributed by atoms with E-state index in [0.717, 1.165) is 0 Å². The van der Waals surface area contributed by atoms with E-state index in [4.69, 9.17) is 5.73 Å². The Hall–Kier alpha value is -0.740. The number of halogens is 2. The van der Waals surface area contributed by atoms with Gasteiger partial charge >= 0.3 is 0 Å². The van der Waals surface area contributed by atoms with E-state index < -0.39 is 0 Å². The Morgan fingerprint density at radius 3 is 2.79 bits per heavy atom. The Bertz CT molecular complexity index is 352. The molecule has 1 atom stereocenters. The van der Waals surface area contributed by atoms with Crippen molar-refractivity contribution in [1.29, 1.82) is 0 Å². The Labute approximate surface area is 90.4 Å². The summed E-state index contributed by atoms with van der Waals surface area (Å²) < 4.78 is 13.2. The van der Waals surface area contributed by atoms with E-state index >= 15 is 0 Å². The van der Waals surface area contributed by atoms with Gasteiger partial charge in [-0.3, -0.25) is 4.79 Å². The number of nitrogens with two attached hydrogens (primary N) is 1. The van der Waals surface area contributed by atoms with Crippen LogP contribution in [0.5, 0.6) is 0 Å². The summed E-state index contributed by atoms with van der Waals surface area (Å²) in [5.41, 5.74) is 5.98. The fourth-order valence-electron chi connectivity index (χ4n) is 1.12. The Balaban J connectivity index is 2.90. The molecule has 0 bridgehead atoms. The lowest BCUT2D eigenvalue weighted by atomic mass is 10.1. The molecule has 0 saturated heterocycles. The summed E-state index contributed by atoms with van der Waals surface area (Å²) in [5, 5.41) is 0. The van der Waals surface area contributed by atoms with E-state index in [1.54, 1.807) is 6.92 Å². The van der Waals surface area contributed by atoms with Crippen LogP contribution >= 0.6 is 15.9 Å². The van der Waals surface area contributed by atoms with Crippen LogP contribution in [0.2, 0.25) is 0 Å². The van der Waals surface area contributed by atoms with Crippen molar-refractivity contribution in [3.63, 3.8) is 0 Å². The molecule has 1 aromatic carbocycles. The van der Waals surface area contributed by atoms with Crippen molar-refractivity contribution in [3.8, 4) is 0 Å². The molecule has 0 amide bonds. The smallest absolute Gasteiger partial charge is 0.165 e. The molecule has 0 radical (unpaired) electrons. The van der Waals surface area contributed by atoms with Gasteiger partial charge in [-0.25, -0.2) is 4.39 Å². The van der Waals surface area contributed by atoms with Crippen LogP contribution in [0.25, 0.3) is 0 Å². The van der Waals surface area contributed by atoms with Gasteiger partial charge in [-0.05, 0) is 41.1 Å². The maximum Gasteiger partial charge on any atom is 0.165 e. The van der Waals surface area contributed by atoms with Crippen LogP contribution in [0.15, 0.2) is 22.7 Å². The molecule has 1 aromatic rings. The van der Waals surface area contributed by atoms with Crippen LogP contribution in [-0.4, -0.2) is 11.8 Å². The number of ketones is 1. The molecule has 2 N–H and O–H groups in total. The molecular formula is C10H11BrFNO. The third kappa shape index (κ3) is 2.89. The Kier molecular flexibility index (Phi) is 3.77. The van der Waals surface area contributed by atoms with E-state index in [1.165, 1.54) is 18.2 Å². The van der Waals surface area contributed by atoms with E-state index in [9.17, 15) is 9.18 Å². The van der Waals surface area contributed by atoms with Gasteiger partial charge in [0.05, 0.1) is 0 Å². The molecule has 0 spiro atoms. The molecule has 0 aliphatic carbocycles. The van der Waals surface area contributed by atoms with Gasteiger partial charge in [0.25, 0.3) is 0 Å². The molecule has 14 heavy (non-hydrogen) atoms. The molecule has 1 unspecified atom stereocenters. The zero-order valence-corrected chi connectivity index (χ0v) is 9.34.